The first-order valence-corrected chi connectivity index (χ1v) is 5.49. The lowest BCUT2D eigenvalue weighted by Crippen LogP contribution is -2.42. The Bertz CT molecular complexity index is 541. The number of nitrogens with zero attached hydrogens (tertiary/aromatic N) is 2. The zero-order valence-electron chi connectivity index (χ0n) is 8.89. The van der Waals surface area contributed by atoms with Gasteiger partial charge in [0.25, 0.3) is 5.91 Å². The molecule has 1 saturated heterocycles. The van der Waals surface area contributed by atoms with Gasteiger partial charge in [0.2, 0.25) is 0 Å². The van der Waals surface area contributed by atoms with E-state index in [-0.39, 0.29) is 5.91 Å². The molecule has 0 unspecified atom stereocenters. The largest absolute Gasteiger partial charge is 0.338 e. The maximum Gasteiger partial charge on any atom is 0.256 e. The monoisotopic (exact) mass is 212 g/mol. The van der Waals surface area contributed by atoms with Crippen LogP contribution in [0.4, 0.5) is 0 Å². The van der Waals surface area contributed by atoms with E-state index >= 15 is 0 Å². The summed E-state index contributed by atoms with van der Waals surface area (Å²) in [6.45, 7) is 1.75. The number of hydrogen-bond acceptors (Lipinski definition) is 2. The van der Waals surface area contributed by atoms with Crippen LogP contribution in [0.15, 0.2) is 36.5 Å². The summed E-state index contributed by atoms with van der Waals surface area (Å²) in [5, 5.41) is 1.02. The van der Waals surface area contributed by atoms with E-state index in [0.717, 1.165) is 36.0 Å². The molecule has 3 nitrogen and oxygen atoms in total. The Kier molecular flexibility index (Phi) is 2.10. The van der Waals surface area contributed by atoms with E-state index in [1.54, 1.807) is 6.20 Å². The van der Waals surface area contributed by atoms with Crippen LogP contribution in [0, 0.1) is 0 Å². The van der Waals surface area contributed by atoms with Gasteiger partial charge in [0, 0.05) is 24.7 Å². The molecule has 1 fully saturated rings. The first-order chi connectivity index (χ1) is 7.86. The van der Waals surface area contributed by atoms with Crippen molar-refractivity contribution in [3.63, 3.8) is 0 Å². The Labute approximate surface area is 93.7 Å². The van der Waals surface area contributed by atoms with E-state index in [9.17, 15) is 4.79 Å². The fraction of sp³-hybridized carbons (Fsp3) is 0.231. The molecule has 2 heterocycles. The zero-order chi connectivity index (χ0) is 11.0. The van der Waals surface area contributed by atoms with E-state index in [0.29, 0.717) is 0 Å². The van der Waals surface area contributed by atoms with Crippen LogP contribution < -0.4 is 0 Å². The number of carbonyl (C=O) groups excluding carboxylic acids is 1. The molecule has 1 amide bonds. The van der Waals surface area contributed by atoms with Crippen molar-refractivity contribution in [2.24, 2.45) is 0 Å². The fourth-order valence-electron chi connectivity index (χ4n) is 1.97. The predicted octanol–water partition coefficient (Wildman–Crippen LogP) is 2.08. The minimum Gasteiger partial charge on any atom is -0.338 e. The third-order valence-electron chi connectivity index (χ3n) is 3.01. The van der Waals surface area contributed by atoms with Gasteiger partial charge in [-0.3, -0.25) is 9.78 Å². The van der Waals surface area contributed by atoms with E-state index in [4.69, 9.17) is 0 Å². The minimum atomic E-state index is 0.107. The molecule has 0 spiro atoms. The number of carbonyl (C=O) groups is 1. The van der Waals surface area contributed by atoms with Crippen molar-refractivity contribution in [1.29, 1.82) is 0 Å². The molecule has 0 N–H and O–H groups in total. The van der Waals surface area contributed by atoms with Gasteiger partial charge in [0.1, 0.15) is 0 Å². The van der Waals surface area contributed by atoms with Gasteiger partial charge in [-0.05, 0) is 18.6 Å². The van der Waals surface area contributed by atoms with Gasteiger partial charge in [0.05, 0.1) is 11.1 Å². The SMILES string of the molecule is O=C(c1cccc2cccnc12)N1CCC1. The lowest BCUT2D eigenvalue weighted by atomic mass is 10.1. The Morgan fingerprint density at radius 2 is 2.00 bits per heavy atom. The van der Waals surface area contributed by atoms with Crippen LogP contribution in [0.5, 0.6) is 0 Å². The molecule has 1 aromatic heterocycles. The van der Waals surface area contributed by atoms with Crippen molar-refractivity contribution < 1.29 is 4.79 Å². The molecule has 1 aromatic carbocycles. The van der Waals surface area contributed by atoms with E-state index < -0.39 is 0 Å². The highest BCUT2D eigenvalue weighted by atomic mass is 16.2. The average molecular weight is 212 g/mol. The molecule has 80 valence electrons. The molecule has 0 aliphatic carbocycles. The number of pyridine rings is 1. The van der Waals surface area contributed by atoms with Crippen LogP contribution in [-0.2, 0) is 0 Å². The van der Waals surface area contributed by atoms with E-state index in [2.05, 4.69) is 4.98 Å². The van der Waals surface area contributed by atoms with Crippen LogP contribution >= 0.6 is 0 Å². The molecule has 1 aliphatic heterocycles. The minimum absolute atomic E-state index is 0.107. The lowest BCUT2D eigenvalue weighted by molar-refractivity contribution is 0.0653. The standard InChI is InChI=1S/C13H12N2O/c16-13(15-8-3-9-15)11-6-1-4-10-5-2-7-14-12(10)11/h1-2,4-7H,3,8-9H2. The van der Waals surface area contributed by atoms with Crippen LogP contribution in [0.2, 0.25) is 0 Å². The molecule has 0 bridgehead atoms. The molecule has 0 radical (unpaired) electrons. The molecular weight excluding hydrogens is 200 g/mol. The van der Waals surface area contributed by atoms with Crippen molar-refractivity contribution in [2.45, 2.75) is 6.42 Å². The number of rotatable bonds is 1. The van der Waals surface area contributed by atoms with Crippen molar-refractivity contribution in [1.82, 2.24) is 9.88 Å². The van der Waals surface area contributed by atoms with Crippen LogP contribution in [0.25, 0.3) is 10.9 Å². The van der Waals surface area contributed by atoms with Gasteiger partial charge >= 0.3 is 0 Å². The van der Waals surface area contributed by atoms with E-state index in [1.807, 2.05) is 35.2 Å². The highest BCUT2D eigenvalue weighted by Crippen LogP contribution is 2.19. The molecule has 16 heavy (non-hydrogen) atoms. The summed E-state index contributed by atoms with van der Waals surface area (Å²) in [5.74, 6) is 0.107. The van der Waals surface area contributed by atoms with Gasteiger partial charge in [-0.2, -0.15) is 0 Å². The number of aromatic nitrogens is 1. The van der Waals surface area contributed by atoms with Crippen molar-refractivity contribution in [2.75, 3.05) is 13.1 Å². The number of para-hydroxylation sites is 1. The van der Waals surface area contributed by atoms with Crippen molar-refractivity contribution in [3.8, 4) is 0 Å². The van der Waals surface area contributed by atoms with Crippen LogP contribution in [-0.4, -0.2) is 28.9 Å². The van der Waals surface area contributed by atoms with E-state index in [1.165, 1.54) is 0 Å². The summed E-state index contributed by atoms with van der Waals surface area (Å²) in [4.78, 5) is 18.3. The molecule has 3 rings (SSSR count). The Morgan fingerprint density at radius 1 is 1.19 bits per heavy atom. The summed E-state index contributed by atoms with van der Waals surface area (Å²) in [5.41, 5.74) is 1.53. The van der Waals surface area contributed by atoms with Gasteiger partial charge < -0.3 is 4.90 Å². The summed E-state index contributed by atoms with van der Waals surface area (Å²) < 4.78 is 0. The molecule has 3 heteroatoms. The van der Waals surface area contributed by atoms with Crippen molar-refractivity contribution >= 4 is 16.8 Å². The summed E-state index contributed by atoms with van der Waals surface area (Å²) in [6.07, 6.45) is 2.85. The smallest absolute Gasteiger partial charge is 0.256 e. The van der Waals surface area contributed by atoms with Crippen LogP contribution in [0.3, 0.4) is 0 Å². The summed E-state index contributed by atoms with van der Waals surface area (Å²) in [7, 11) is 0. The summed E-state index contributed by atoms with van der Waals surface area (Å²) >= 11 is 0. The van der Waals surface area contributed by atoms with Gasteiger partial charge in [0.15, 0.2) is 0 Å². The third-order valence-corrected chi connectivity index (χ3v) is 3.01. The first-order valence-electron chi connectivity index (χ1n) is 5.49. The van der Waals surface area contributed by atoms with Gasteiger partial charge in [-0.1, -0.05) is 18.2 Å². The lowest BCUT2D eigenvalue weighted by Gasteiger charge is -2.31. The fourth-order valence-corrected chi connectivity index (χ4v) is 1.97. The highest BCUT2D eigenvalue weighted by Gasteiger charge is 2.23. The molecular formula is C13H12N2O. The number of hydrogen-bond donors (Lipinski definition) is 0. The second-order valence-electron chi connectivity index (χ2n) is 4.03. The Balaban J connectivity index is 2.12. The normalized spacial score (nSPS) is 14.9. The first kappa shape index (κ1) is 9.33. The molecule has 0 atom stereocenters. The Morgan fingerprint density at radius 3 is 2.75 bits per heavy atom. The zero-order valence-corrected chi connectivity index (χ0v) is 8.89. The average Bonchev–Trinajstić information content (AvgIpc) is 2.26. The summed E-state index contributed by atoms with van der Waals surface area (Å²) in [6, 6.07) is 9.62. The number of amides is 1. The predicted molar refractivity (Wildman–Crippen MR) is 62.3 cm³/mol. The van der Waals surface area contributed by atoms with Gasteiger partial charge in [-0.25, -0.2) is 0 Å². The van der Waals surface area contributed by atoms with Crippen LogP contribution in [0.1, 0.15) is 16.8 Å². The highest BCUT2D eigenvalue weighted by molar-refractivity contribution is 6.05. The quantitative estimate of drug-likeness (QED) is 0.725. The second kappa shape index (κ2) is 3.59. The molecule has 1 aliphatic rings. The topological polar surface area (TPSA) is 33.2 Å². The van der Waals surface area contributed by atoms with Crippen molar-refractivity contribution in [3.05, 3.63) is 42.1 Å². The maximum atomic E-state index is 12.1. The number of likely N-dealkylation sites (tertiary alicyclic amines) is 1. The molecule has 0 saturated carbocycles. The third kappa shape index (κ3) is 1.36. The number of benzene rings is 1. The number of fused-ring (bicyclic) bond motifs is 1. The van der Waals surface area contributed by atoms with Gasteiger partial charge in [-0.15, -0.1) is 0 Å². The second-order valence-corrected chi connectivity index (χ2v) is 4.03. The Hall–Kier alpha value is -1.90. The molecule has 2 aromatic rings. The maximum absolute atomic E-state index is 12.1.